The summed E-state index contributed by atoms with van der Waals surface area (Å²) in [6, 6.07) is 18.8. The van der Waals surface area contributed by atoms with Gasteiger partial charge >= 0.3 is 0 Å². The third kappa shape index (κ3) is 3.66. The van der Waals surface area contributed by atoms with Crippen LogP contribution in [0.3, 0.4) is 0 Å². The number of nitrogens with one attached hydrogen (secondary N) is 1. The smallest absolute Gasteiger partial charge is 0.0880 e. The van der Waals surface area contributed by atoms with Crippen molar-refractivity contribution in [3.63, 3.8) is 0 Å². The molecule has 0 unspecified atom stereocenters. The zero-order valence-corrected chi connectivity index (χ0v) is 14.4. The molecule has 1 aromatic heterocycles. The summed E-state index contributed by atoms with van der Waals surface area (Å²) in [5.41, 5.74) is 6.72. The molecular weight excluding hydrogens is 298 g/mol. The van der Waals surface area contributed by atoms with Crippen LogP contribution in [0.1, 0.15) is 22.5 Å². The van der Waals surface area contributed by atoms with E-state index < -0.39 is 0 Å². The van der Waals surface area contributed by atoms with Crippen molar-refractivity contribution in [2.75, 3.05) is 12.4 Å². The third-order valence-electron chi connectivity index (χ3n) is 3.96. The Balaban J connectivity index is 1.77. The van der Waals surface area contributed by atoms with E-state index in [4.69, 9.17) is 4.74 Å². The molecule has 2 aromatic carbocycles. The molecule has 1 heterocycles. The predicted molar refractivity (Wildman–Crippen MR) is 97.5 cm³/mol. The topological polar surface area (TPSA) is 39.1 Å². The van der Waals surface area contributed by atoms with Gasteiger partial charge in [-0.25, -0.2) is 4.68 Å². The van der Waals surface area contributed by atoms with Crippen molar-refractivity contribution in [2.24, 2.45) is 0 Å². The Hall–Kier alpha value is -2.59. The summed E-state index contributed by atoms with van der Waals surface area (Å²) >= 11 is 0. The number of nitrogens with zero attached hydrogens (tertiary/aromatic N) is 2. The van der Waals surface area contributed by atoms with Crippen LogP contribution in [0.5, 0.6) is 0 Å². The van der Waals surface area contributed by atoms with E-state index in [0.29, 0.717) is 6.61 Å². The van der Waals surface area contributed by atoms with E-state index in [-0.39, 0.29) is 0 Å². The Bertz CT molecular complexity index is 806. The molecule has 0 atom stereocenters. The number of hydrogen-bond donors (Lipinski definition) is 1. The van der Waals surface area contributed by atoms with Crippen molar-refractivity contribution < 1.29 is 4.74 Å². The Kier molecular flexibility index (Phi) is 4.96. The first kappa shape index (κ1) is 16.3. The first-order valence-corrected chi connectivity index (χ1v) is 8.10. The maximum Gasteiger partial charge on any atom is 0.0880 e. The maximum atomic E-state index is 5.15. The number of hydrogen-bond acceptors (Lipinski definition) is 3. The van der Waals surface area contributed by atoms with Crippen LogP contribution in [0.15, 0.2) is 54.6 Å². The first-order valence-electron chi connectivity index (χ1n) is 8.10. The number of benzene rings is 2. The predicted octanol–water partition coefficient (Wildman–Crippen LogP) is 4.25. The lowest BCUT2D eigenvalue weighted by Crippen LogP contribution is -2.06. The summed E-state index contributed by atoms with van der Waals surface area (Å²) in [6.07, 6.45) is 0. The van der Waals surface area contributed by atoms with Crippen LogP contribution in [-0.4, -0.2) is 16.9 Å². The van der Waals surface area contributed by atoms with Gasteiger partial charge in [0.25, 0.3) is 0 Å². The van der Waals surface area contributed by atoms with Gasteiger partial charge in [-0.2, -0.15) is 5.10 Å². The van der Waals surface area contributed by atoms with Gasteiger partial charge in [-0.3, -0.25) is 0 Å². The quantitative estimate of drug-likeness (QED) is 0.738. The van der Waals surface area contributed by atoms with Crippen LogP contribution in [0.25, 0.3) is 5.69 Å². The first-order chi connectivity index (χ1) is 11.7. The minimum Gasteiger partial charge on any atom is -0.380 e. The molecule has 24 heavy (non-hydrogen) atoms. The number of ether oxygens (including phenoxy) is 1. The Morgan fingerprint density at radius 3 is 2.38 bits per heavy atom. The molecule has 0 saturated heterocycles. The van der Waals surface area contributed by atoms with Gasteiger partial charge in [0.15, 0.2) is 0 Å². The summed E-state index contributed by atoms with van der Waals surface area (Å²) in [4.78, 5) is 0. The number of para-hydroxylation sites is 2. The van der Waals surface area contributed by atoms with Crippen LogP contribution in [0, 0.1) is 13.8 Å². The largest absolute Gasteiger partial charge is 0.380 e. The number of rotatable bonds is 6. The summed E-state index contributed by atoms with van der Waals surface area (Å²) in [6.45, 7) is 5.50. The molecule has 0 bridgehead atoms. The van der Waals surface area contributed by atoms with Crippen LogP contribution in [-0.2, 0) is 17.9 Å². The van der Waals surface area contributed by atoms with E-state index in [0.717, 1.165) is 29.3 Å². The number of anilines is 1. The molecule has 0 aliphatic rings. The monoisotopic (exact) mass is 321 g/mol. The minimum atomic E-state index is 0.647. The van der Waals surface area contributed by atoms with Gasteiger partial charge in [0.05, 0.1) is 23.7 Å². The Morgan fingerprint density at radius 2 is 1.71 bits per heavy atom. The van der Waals surface area contributed by atoms with Crippen LogP contribution in [0.4, 0.5) is 5.69 Å². The molecule has 4 nitrogen and oxygen atoms in total. The molecule has 0 spiro atoms. The average Bonchev–Trinajstić information content (AvgIpc) is 2.93. The summed E-state index contributed by atoms with van der Waals surface area (Å²) in [7, 11) is 1.71. The van der Waals surface area contributed by atoms with Gasteiger partial charge < -0.3 is 10.1 Å². The van der Waals surface area contributed by atoms with Gasteiger partial charge in [-0.1, -0.05) is 36.4 Å². The second-order valence-electron chi connectivity index (χ2n) is 5.96. The second-order valence-corrected chi connectivity index (χ2v) is 5.96. The molecule has 0 saturated carbocycles. The van der Waals surface area contributed by atoms with E-state index in [1.165, 1.54) is 11.1 Å². The fourth-order valence-corrected chi connectivity index (χ4v) is 2.80. The number of aryl methyl sites for hydroxylation is 2. The van der Waals surface area contributed by atoms with Gasteiger partial charge in [0.1, 0.15) is 0 Å². The van der Waals surface area contributed by atoms with Crippen molar-refractivity contribution in [1.29, 1.82) is 0 Å². The van der Waals surface area contributed by atoms with Crippen molar-refractivity contribution in [2.45, 2.75) is 27.0 Å². The average molecular weight is 321 g/mol. The molecule has 1 N–H and O–H groups in total. The van der Waals surface area contributed by atoms with E-state index in [9.17, 15) is 0 Å². The molecule has 3 rings (SSSR count). The molecule has 0 amide bonds. The van der Waals surface area contributed by atoms with Crippen LogP contribution in [0.2, 0.25) is 0 Å². The summed E-state index contributed by atoms with van der Waals surface area (Å²) in [5, 5.41) is 8.11. The SMILES string of the molecule is COCc1ccc(CNc2ccccc2-n2nc(C)cc2C)cc1. The lowest BCUT2D eigenvalue weighted by molar-refractivity contribution is 0.185. The Morgan fingerprint density at radius 1 is 1.00 bits per heavy atom. The molecule has 0 aliphatic carbocycles. The highest BCUT2D eigenvalue weighted by Gasteiger charge is 2.08. The van der Waals surface area contributed by atoms with E-state index in [2.05, 4.69) is 59.8 Å². The van der Waals surface area contributed by atoms with E-state index >= 15 is 0 Å². The highest BCUT2D eigenvalue weighted by molar-refractivity contribution is 5.61. The molecule has 3 aromatic rings. The van der Waals surface area contributed by atoms with Gasteiger partial charge in [-0.05, 0) is 43.2 Å². The van der Waals surface area contributed by atoms with Crippen molar-refractivity contribution in [1.82, 2.24) is 9.78 Å². The molecule has 0 aliphatic heterocycles. The molecular formula is C20H23N3O. The lowest BCUT2D eigenvalue weighted by Gasteiger charge is -2.13. The molecule has 4 heteroatoms. The van der Waals surface area contributed by atoms with Crippen molar-refractivity contribution in [3.05, 3.63) is 77.1 Å². The van der Waals surface area contributed by atoms with E-state index in [1.54, 1.807) is 7.11 Å². The van der Waals surface area contributed by atoms with Gasteiger partial charge in [0.2, 0.25) is 0 Å². The van der Waals surface area contributed by atoms with Gasteiger partial charge in [0, 0.05) is 19.3 Å². The summed E-state index contributed by atoms with van der Waals surface area (Å²) in [5.74, 6) is 0. The number of aromatic nitrogens is 2. The second kappa shape index (κ2) is 7.32. The zero-order chi connectivity index (χ0) is 16.9. The molecule has 124 valence electrons. The third-order valence-corrected chi connectivity index (χ3v) is 3.96. The summed E-state index contributed by atoms with van der Waals surface area (Å²) < 4.78 is 7.14. The Labute approximate surface area is 143 Å². The normalized spacial score (nSPS) is 10.8. The minimum absolute atomic E-state index is 0.647. The van der Waals surface area contributed by atoms with Crippen LogP contribution < -0.4 is 5.32 Å². The maximum absolute atomic E-state index is 5.15. The highest BCUT2D eigenvalue weighted by atomic mass is 16.5. The molecule has 0 radical (unpaired) electrons. The zero-order valence-electron chi connectivity index (χ0n) is 14.4. The fourth-order valence-electron chi connectivity index (χ4n) is 2.80. The van der Waals surface area contributed by atoms with Crippen molar-refractivity contribution >= 4 is 5.69 Å². The standard InChI is InChI=1S/C20H23N3O/c1-15-12-16(2)23(22-15)20-7-5-4-6-19(20)21-13-17-8-10-18(11-9-17)14-24-3/h4-12,21H,13-14H2,1-3H3. The number of methoxy groups -OCH3 is 1. The molecule has 0 fully saturated rings. The van der Waals surface area contributed by atoms with Crippen molar-refractivity contribution in [3.8, 4) is 5.69 Å². The van der Waals surface area contributed by atoms with E-state index in [1.807, 2.05) is 23.7 Å². The van der Waals surface area contributed by atoms with Gasteiger partial charge in [-0.15, -0.1) is 0 Å². The fraction of sp³-hybridized carbons (Fsp3) is 0.250. The lowest BCUT2D eigenvalue weighted by atomic mass is 10.1. The highest BCUT2D eigenvalue weighted by Crippen LogP contribution is 2.22. The van der Waals surface area contributed by atoms with Crippen LogP contribution >= 0.6 is 0 Å².